The van der Waals surface area contributed by atoms with Crippen LogP contribution in [0.4, 0.5) is 5.69 Å². The number of nitro benzene ring substituents is 1. The molecule has 0 saturated carbocycles. The number of hydrogen-bond donors (Lipinski definition) is 0. The number of ether oxygens (including phenoxy) is 1. The Bertz CT molecular complexity index is 390. The minimum absolute atomic E-state index is 0.0967. The maximum absolute atomic E-state index is 10.7. The van der Waals surface area contributed by atoms with Gasteiger partial charge in [-0.05, 0) is 19.4 Å². The highest BCUT2D eigenvalue weighted by atomic mass is 35.5. The average Bonchev–Trinajstić information content (AvgIpc) is 2.13. The van der Waals surface area contributed by atoms with E-state index in [0.717, 1.165) is 5.56 Å². The number of hydrogen-bond acceptors (Lipinski definition) is 3. The highest BCUT2D eigenvalue weighted by molar-refractivity contribution is 6.31. The van der Waals surface area contributed by atoms with Gasteiger partial charge in [-0.25, -0.2) is 0 Å². The predicted octanol–water partition coefficient (Wildman–Crippen LogP) is 2.87. The third-order valence-electron chi connectivity index (χ3n) is 2.16. The molecule has 0 N–H and O–H groups in total. The molecule has 1 aromatic carbocycles. The normalized spacial score (nSPS) is 10.0. The van der Waals surface area contributed by atoms with Crippen molar-refractivity contribution >= 4 is 17.3 Å². The number of benzene rings is 1. The second kappa shape index (κ2) is 3.84. The van der Waals surface area contributed by atoms with Gasteiger partial charge in [-0.3, -0.25) is 10.1 Å². The highest BCUT2D eigenvalue weighted by Gasteiger charge is 2.20. The van der Waals surface area contributed by atoms with E-state index in [1.807, 2.05) is 0 Å². The van der Waals surface area contributed by atoms with Crippen molar-refractivity contribution in [3.63, 3.8) is 0 Å². The summed E-state index contributed by atoms with van der Waals surface area (Å²) in [6.07, 6.45) is 0. The summed E-state index contributed by atoms with van der Waals surface area (Å²) < 4.78 is 4.97. The van der Waals surface area contributed by atoms with Crippen LogP contribution in [0.1, 0.15) is 11.1 Å². The largest absolute Gasteiger partial charge is 0.490 e. The summed E-state index contributed by atoms with van der Waals surface area (Å²) in [7, 11) is 1.41. The zero-order valence-electron chi connectivity index (χ0n) is 8.13. The van der Waals surface area contributed by atoms with E-state index in [0.29, 0.717) is 10.6 Å². The molecule has 5 heteroatoms. The Morgan fingerprint density at radius 3 is 2.43 bits per heavy atom. The number of nitrogens with zero attached hydrogens (tertiary/aromatic N) is 1. The number of nitro groups is 1. The summed E-state index contributed by atoms with van der Waals surface area (Å²) in [5.41, 5.74) is 1.40. The van der Waals surface area contributed by atoms with Crippen molar-refractivity contribution in [3.05, 3.63) is 32.3 Å². The van der Waals surface area contributed by atoms with E-state index in [4.69, 9.17) is 16.3 Å². The molecule has 0 spiro atoms. The van der Waals surface area contributed by atoms with E-state index in [2.05, 4.69) is 0 Å². The Morgan fingerprint density at radius 1 is 1.43 bits per heavy atom. The molecule has 0 saturated heterocycles. The topological polar surface area (TPSA) is 52.4 Å². The van der Waals surface area contributed by atoms with Crippen molar-refractivity contribution in [1.29, 1.82) is 0 Å². The van der Waals surface area contributed by atoms with Gasteiger partial charge in [0.05, 0.1) is 17.1 Å². The van der Waals surface area contributed by atoms with Crippen LogP contribution in [0.3, 0.4) is 0 Å². The van der Waals surface area contributed by atoms with Crippen LogP contribution in [0.15, 0.2) is 6.07 Å². The van der Waals surface area contributed by atoms with Gasteiger partial charge in [-0.2, -0.15) is 0 Å². The maximum Gasteiger partial charge on any atom is 0.312 e. The zero-order chi connectivity index (χ0) is 10.9. The molecule has 0 fully saturated rings. The minimum atomic E-state index is -0.503. The fraction of sp³-hybridized carbons (Fsp3) is 0.333. The van der Waals surface area contributed by atoms with Crippen molar-refractivity contribution in [2.75, 3.05) is 7.11 Å². The number of halogens is 1. The molecular weight excluding hydrogens is 206 g/mol. The molecule has 4 nitrogen and oxygen atoms in total. The molecule has 0 bridgehead atoms. The monoisotopic (exact) mass is 215 g/mol. The Hall–Kier alpha value is -1.29. The molecule has 76 valence electrons. The van der Waals surface area contributed by atoms with E-state index in [1.165, 1.54) is 13.2 Å². The van der Waals surface area contributed by atoms with Crippen molar-refractivity contribution in [3.8, 4) is 5.75 Å². The third-order valence-corrected chi connectivity index (χ3v) is 2.55. The first-order chi connectivity index (χ1) is 6.49. The summed E-state index contributed by atoms with van der Waals surface area (Å²) in [4.78, 5) is 10.2. The molecule has 0 atom stereocenters. The standard InChI is InChI=1S/C9H10ClNO3/c1-5-6(2)9(14-3)8(11(12)13)4-7(5)10/h4H,1-3H3. The molecular formula is C9H10ClNO3. The van der Waals surface area contributed by atoms with E-state index >= 15 is 0 Å². The fourth-order valence-electron chi connectivity index (χ4n) is 1.23. The summed E-state index contributed by atoms with van der Waals surface area (Å²) in [5.74, 6) is 0.275. The van der Waals surface area contributed by atoms with Gasteiger partial charge >= 0.3 is 5.69 Å². The van der Waals surface area contributed by atoms with Gasteiger partial charge in [-0.15, -0.1) is 0 Å². The summed E-state index contributed by atoms with van der Waals surface area (Å²) >= 11 is 5.83. The lowest BCUT2D eigenvalue weighted by atomic mass is 10.1. The van der Waals surface area contributed by atoms with Gasteiger partial charge < -0.3 is 4.74 Å². The maximum atomic E-state index is 10.7. The van der Waals surface area contributed by atoms with E-state index in [-0.39, 0.29) is 11.4 Å². The van der Waals surface area contributed by atoms with Crippen molar-refractivity contribution in [1.82, 2.24) is 0 Å². The molecule has 0 amide bonds. The van der Waals surface area contributed by atoms with E-state index in [9.17, 15) is 10.1 Å². The van der Waals surface area contributed by atoms with E-state index < -0.39 is 4.92 Å². The Kier molecular flexibility index (Phi) is 2.96. The molecule has 0 aliphatic heterocycles. The van der Waals surface area contributed by atoms with Gasteiger partial charge in [-0.1, -0.05) is 11.6 Å². The van der Waals surface area contributed by atoms with Crippen LogP contribution in [0.5, 0.6) is 5.75 Å². The van der Waals surface area contributed by atoms with Gasteiger partial charge in [0.1, 0.15) is 0 Å². The quantitative estimate of drug-likeness (QED) is 0.563. The molecule has 0 aliphatic carbocycles. The first-order valence-corrected chi connectivity index (χ1v) is 4.35. The van der Waals surface area contributed by atoms with Crippen LogP contribution in [0, 0.1) is 24.0 Å². The van der Waals surface area contributed by atoms with Crippen LogP contribution in [0.2, 0.25) is 5.02 Å². The Morgan fingerprint density at radius 2 is 2.00 bits per heavy atom. The zero-order valence-corrected chi connectivity index (χ0v) is 8.88. The molecule has 0 aliphatic rings. The van der Waals surface area contributed by atoms with Gasteiger partial charge in [0, 0.05) is 11.6 Å². The lowest BCUT2D eigenvalue weighted by molar-refractivity contribution is -0.385. The predicted molar refractivity (Wildman–Crippen MR) is 54.1 cm³/mol. The van der Waals surface area contributed by atoms with Gasteiger partial charge in [0.2, 0.25) is 0 Å². The lowest BCUT2D eigenvalue weighted by Crippen LogP contribution is -1.98. The number of rotatable bonds is 2. The molecule has 0 unspecified atom stereocenters. The molecule has 0 radical (unpaired) electrons. The lowest BCUT2D eigenvalue weighted by Gasteiger charge is -2.09. The Balaban J connectivity index is 3.51. The van der Waals surface area contributed by atoms with Crippen LogP contribution < -0.4 is 4.74 Å². The SMILES string of the molecule is COc1c([N+](=O)[O-])cc(Cl)c(C)c1C. The summed E-state index contributed by atoms with van der Waals surface area (Å²) in [5, 5.41) is 11.0. The number of methoxy groups -OCH3 is 1. The van der Waals surface area contributed by atoms with Crippen LogP contribution in [0.25, 0.3) is 0 Å². The minimum Gasteiger partial charge on any atom is -0.490 e. The average molecular weight is 216 g/mol. The fourth-order valence-corrected chi connectivity index (χ4v) is 1.47. The van der Waals surface area contributed by atoms with Crippen molar-refractivity contribution in [2.24, 2.45) is 0 Å². The summed E-state index contributed by atoms with van der Waals surface area (Å²) in [6, 6.07) is 1.31. The molecule has 1 aromatic rings. The van der Waals surface area contributed by atoms with Crippen LogP contribution in [-0.2, 0) is 0 Å². The van der Waals surface area contributed by atoms with E-state index in [1.54, 1.807) is 13.8 Å². The Labute approximate surface area is 86.6 Å². The first-order valence-electron chi connectivity index (χ1n) is 3.97. The highest BCUT2D eigenvalue weighted by Crippen LogP contribution is 2.36. The summed E-state index contributed by atoms with van der Waals surface area (Å²) in [6.45, 7) is 3.54. The smallest absolute Gasteiger partial charge is 0.312 e. The van der Waals surface area contributed by atoms with Crippen molar-refractivity contribution < 1.29 is 9.66 Å². The molecule has 0 heterocycles. The van der Waals surface area contributed by atoms with Gasteiger partial charge in [0.25, 0.3) is 0 Å². The third kappa shape index (κ3) is 1.65. The molecule has 14 heavy (non-hydrogen) atoms. The van der Waals surface area contributed by atoms with Crippen LogP contribution >= 0.6 is 11.6 Å². The molecule has 0 aromatic heterocycles. The second-order valence-electron chi connectivity index (χ2n) is 2.92. The first kappa shape index (κ1) is 10.8. The second-order valence-corrected chi connectivity index (χ2v) is 3.33. The van der Waals surface area contributed by atoms with Crippen LogP contribution in [-0.4, -0.2) is 12.0 Å². The van der Waals surface area contributed by atoms with Gasteiger partial charge in [0.15, 0.2) is 5.75 Å². The molecule has 1 rings (SSSR count). The van der Waals surface area contributed by atoms with Crippen molar-refractivity contribution in [2.45, 2.75) is 13.8 Å².